The van der Waals surface area contributed by atoms with Crippen LogP contribution in [0.5, 0.6) is 0 Å². The minimum atomic E-state index is -0.842. The maximum atomic E-state index is 12.8. The zero-order chi connectivity index (χ0) is 16.5. The smallest absolute Gasteiger partial charge is 0.250 e. The second kappa shape index (κ2) is 6.30. The van der Waals surface area contributed by atoms with E-state index in [0.717, 1.165) is 5.69 Å². The number of aryl methyl sites for hydroxylation is 1. The van der Waals surface area contributed by atoms with Crippen molar-refractivity contribution in [1.29, 1.82) is 0 Å². The Morgan fingerprint density at radius 2 is 2.00 bits per heavy atom. The van der Waals surface area contributed by atoms with Crippen molar-refractivity contribution in [3.63, 3.8) is 0 Å². The summed E-state index contributed by atoms with van der Waals surface area (Å²) in [4.78, 5) is 14.4. The molecule has 0 saturated heterocycles. The first-order valence-corrected chi connectivity index (χ1v) is 7.69. The van der Waals surface area contributed by atoms with Crippen molar-refractivity contribution >= 4 is 29.1 Å². The molecule has 0 spiro atoms. The molecule has 1 amide bonds. The second-order valence-corrected chi connectivity index (χ2v) is 6.42. The Hall–Kier alpha value is -1.53. The van der Waals surface area contributed by atoms with Crippen molar-refractivity contribution in [2.45, 2.75) is 39.4 Å². The molecule has 0 unspecified atom stereocenters. The monoisotopic (exact) mass is 343 g/mol. The molecule has 22 heavy (non-hydrogen) atoms. The van der Waals surface area contributed by atoms with Gasteiger partial charge in [-0.25, -0.2) is 0 Å². The van der Waals surface area contributed by atoms with Crippen molar-refractivity contribution in [2.24, 2.45) is 0 Å². The molecule has 2 heterocycles. The van der Waals surface area contributed by atoms with Crippen LogP contribution in [0.25, 0.3) is 0 Å². The highest BCUT2D eigenvalue weighted by atomic mass is 35.5. The van der Waals surface area contributed by atoms with E-state index in [2.05, 4.69) is 10.2 Å². The number of nitrogens with zero attached hydrogens (tertiary/aromatic N) is 5. The number of hydrogen-bond donors (Lipinski definition) is 0. The summed E-state index contributed by atoms with van der Waals surface area (Å²) in [7, 11) is 1.73. The molecule has 0 N–H and O–H groups in total. The molecule has 0 atom stereocenters. The number of likely N-dealkylation sites (N-methyl/N-ethyl adjacent to an activating group) is 1. The first-order valence-electron chi connectivity index (χ1n) is 6.93. The average molecular weight is 344 g/mol. The Kier molecular flexibility index (Phi) is 4.82. The van der Waals surface area contributed by atoms with Crippen LogP contribution in [0.15, 0.2) is 18.6 Å². The van der Waals surface area contributed by atoms with Gasteiger partial charge in [0.1, 0.15) is 5.54 Å². The lowest BCUT2D eigenvalue weighted by Crippen LogP contribution is -2.45. The van der Waals surface area contributed by atoms with E-state index in [1.54, 1.807) is 47.6 Å². The van der Waals surface area contributed by atoms with Crippen molar-refractivity contribution in [1.82, 2.24) is 24.5 Å². The van der Waals surface area contributed by atoms with E-state index >= 15 is 0 Å². The van der Waals surface area contributed by atoms with Crippen LogP contribution in [0.1, 0.15) is 26.5 Å². The van der Waals surface area contributed by atoms with Gasteiger partial charge in [-0.05, 0) is 20.8 Å². The Morgan fingerprint density at radius 3 is 2.55 bits per heavy atom. The lowest BCUT2D eigenvalue weighted by Gasteiger charge is -2.29. The Balaban J connectivity index is 2.20. The Bertz CT molecular complexity index is 677. The van der Waals surface area contributed by atoms with Crippen LogP contribution in [0.3, 0.4) is 0 Å². The lowest BCUT2D eigenvalue weighted by molar-refractivity contribution is -0.139. The quantitative estimate of drug-likeness (QED) is 0.838. The predicted octanol–water partition coefficient (Wildman–Crippen LogP) is 2.80. The van der Waals surface area contributed by atoms with E-state index in [-0.39, 0.29) is 5.91 Å². The van der Waals surface area contributed by atoms with Crippen molar-refractivity contribution in [3.8, 4) is 0 Å². The normalized spacial score (nSPS) is 11.7. The molecular formula is C14H19Cl2N5O. The van der Waals surface area contributed by atoms with E-state index < -0.39 is 5.54 Å². The van der Waals surface area contributed by atoms with Gasteiger partial charge in [0, 0.05) is 19.8 Å². The lowest BCUT2D eigenvalue weighted by atomic mass is 10.0. The zero-order valence-electron chi connectivity index (χ0n) is 13.0. The summed E-state index contributed by atoms with van der Waals surface area (Å²) < 4.78 is 3.34. The van der Waals surface area contributed by atoms with Gasteiger partial charge >= 0.3 is 0 Å². The molecule has 0 aromatic carbocycles. The van der Waals surface area contributed by atoms with Gasteiger partial charge in [-0.3, -0.25) is 14.2 Å². The number of hydrogen-bond acceptors (Lipinski definition) is 3. The van der Waals surface area contributed by atoms with Crippen molar-refractivity contribution in [2.75, 3.05) is 7.05 Å². The molecular weight excluding hydrogens is 325 g/mol. The number of halogens is 2. The van der Waals surface area contributed by atoms with Gasteiger partial charge in [-0.15, -0.1) is 0 Å². The summed E-state index contributed by atoms with van der Waals surface area (Å²) in [5, 5.41) is 9.37. The summed E-state index contributed by atoms with van der Waals surface area (Å²) in [6.07, 6.45) is 4.74. The molecule has 0 aliphatic rings. The highest BCUT2D eigenvalue weighted by molar-refractivity contribution is 6.31. The van der Waals surface area contributed by atoms with Gasteiger partial charge in [0.25, 0.3) is 0 Å². The van der Waals surface area contributed by atoms with Gasteiger partial charge in [-0.2, -0.15) is 10.2 Å². The molecule has 6 nitrogen and oxygen atoms in total. The van der Waals surface area contributed by atoms with Crippen molar-refractivity contribution in [3.05, 3.63) is 34.3 Å². The van der Waals surface area contributed by atoms with Gasteiger partial charge in [0.2, 0.25) is 5.91 Å². The fraction of sp³-hybridized carbons (Fsp3) is 0.500. The molecule has 0 bridgehead atoms. The largest absolute Gasteiger partial charge is 0.338 e. The molecule has 0 aliphatic carbocycles. The van der Waals surface area contributed by atoms with Gasteiger partial charge in [0.05, 0.1) is 34.7 Å². The number of amides is 1. The second-order valence-electron chi connectivity index (χ2n) is 5.58. The zero-order valence-corrected chi connectivity index (χ0v) is 14.6. The van der Waals surface area contributed by atoms with Gasteiger partial charge < -0.3 is 4.90 Å². The third-order valence-corrected chi connectivity index (χ3v) is 4.09. The maximum absolute atomic E-state index is 12.8. The van der Waals surface area contributed by atoms with Gasteiger partial charge in [0.15, 0.2) is 0 Å². The van der Waals surface area contributed by atoms with Gasteiger partial charge in [-0.1, -0.05) is 23.2 Å². The highest BCUT2D eigenvalue weighted by Crippen LogP contribution is 2.22. The van der Waals surface area contributed by atoms with E-state index in [0.29, 0.717) is 23.1 Å². The van der Waals surface area contributed by atoms with Crippen LogP contribution in [0, 0.1) is 0 Å². The number of aromatic nitrogens is 4. The third kappa shape index (κ3) is 3.13. The van der Waals surface area contributed by atoms with E-state index in [9.17, 15) is 4.79 Å². The summed E-state index contributed by atoms with van der Waals surface area (Å²) in [6.45, 7) is 6.65. The molecule has 0 radical (unpaired) electrons. The van der Waals surface area contributed by atoms with Crippen LogP contribution >= 0.6 is 23.2 Å². The minimum absolute atomic E-state index is 0.0906. The van der Waals surface area contributed by atoms with Crippen molar-refractivity contribution < 1.29 is 4.79 Å². The Labute approximate surface area is 139 Å². The van der Waals surface area contributed by atoms with Crippen LogP contribution in [0.4, 0.5) is 0 Å². The summed E-state index contributed by atoms with van der Waals surface area (Å²) >= 11 is 12.0. The summed E-state index contributed by atoms with van der Waals surface area (Å²) in [5.74, 6) is -0.0906. The molecule has 0 fully saturated rings. The number of rotatable bonds is 5. The van der Waals surface area contributed by atoms with E-state index in [1.807, 2.05) is 6.92 Å². The topological polar surface area (TPSA) is 56.0 Å². The number of carbonyl (C=O) groups is 1. The van der Waals surface area contributed by atoms with Crippen LogP contribution in [-0.4, -0.2) is 37.4 Å². The standard InChI is InChI=1S/C14H19Cl2N5O/c1-5-20-12(11(16)7-17-20)9-19(4)13(22)14(2,3)21-8-10(15)6-18-21/h6-8H,5,9H2,1-4H3. The molecule has 2 aromatic rings. The molecule has 2 rings (SSSR count). The first kappa shape index (κ1) is 16.8. The summed E-state index contributed by atoms with van der Waals surface area (Å²) in [5.41, 5.74) is -0.0277. The molecule has 0 saturated carbocycles. The third-order valence-electron chi connectivity index (χ3n) is 3.58. The fourth-order valence-corrected chi connectivity index (χ4v) is 2.62. The fourth-order valence-electron chi connectivity index (χ4n) is 2.29. The van der Waals surface area contributed by atoms with Crippen LogP contribution < -0.4 is 0 Å². The maximum Gasteiger partial charge on any atom is 0.250 e. The van der Waals surface area contributed by atoms with E-state index in [1.165, 1.54) is 6.20 Å². The minimum Gasteiger partial charge on any atom is -0.338 e. The SMILES string of the molecule is CCn1ncc(Cl)c1CN(C)C(=O)C(C)(C)n1cc(Cl)cn1. The highest BCUT2D eigenvalue weighted by Gasteiger charge is 2.33. The Morgan fingerprint density at radius 1 is 1.32 bits per heavy atom. The molecule has 120 valence electrons. The average Bonchev–Trinajstić information content (AvgIpc) is 3.05. The molecule has 8 heteroatoms. The van der Waals surface area contributed by atoms with E-state index in [4.69, 9.17) is 23.2 Å². The predicted molar refractivity (Wildman–Crippen MR) is 85.9 cm³/mol. The summed E-state index contributed by atoms with van der Waals surface area (Å²) in [6, 6.07) is 0. The number of carbonyl (C=O) groups excluding carboxylic acids is 1. The van der Waals surface area contributed by atoms with Crippen LogP contribution in [-0.2, 0) is 23.4 Å². The van der Waals surface area contributed by atoms with Crippen LogP contribution in [0.2, 0.25) is 10.0 Å². The molecule has 2 aromatic heterocycles. The molecule has 0 aliphatic heterocycles. The first-order chi connectivity index (χ1) is 10.3.